The van der Waals surface area contributed by atoms with Gasteiger partial charge in [0.1, 0.15) is 0 Å². The molecule has 2 rings (SSSR count). The second kappa shape index (κ2) is 8.43. The minimum atomic E-state index is -0.636. The number of thiophene rings is 1. The number of hydrogen-bond acceptors (Lipinski definition) is 5. The van der Waals surface area contributed by atoms with Crippen LogP contribution in [0.5, 0.6) is 0 Å². The van der Waals surface area contributed by atoms with Gasteiger partial charge in [-0.05, 0) is 41.6 Å². The maximum atomic E-state index is 12.1. The molecule has 6 nitrogen and oxygen atoms in total. The molecule has 3 N–H and O–H groups in total. The SMILES string of the molecule is CC(C)[C@@H](NC(=O)COC(=O)c1ccc(C(N)=O)cc1)c1cccs1. The monoisotopic (exact) mass is 360 g/mol. The van der Waals surface area contributed by atoms with Crippen molar-refractivity contribution < 1.29 is 19.1 Å². The lowest BCUT2D eigenvalue weighted by atomic mass is 10.0. The van der Waals surface area contributed by atoms with Crippen molar-refractivity contribution in [2.24, 2.45) is 11.7 Å². The molecule has 0 spiro atoms. The van der Waals surface area contributed by atoms with Crippen LogP contribution in [0.1, 0.15) is 45.5 Å². The van der Waals surface area contributed by atoms with Crippen LogP contribution in [0.4, 0.5) is 0 Å². The average Bonchev–Trinajstić information content (AvgIpc) is 3.11. The van der Waals surface area contributed by atoms with Gasteiger partial charge in [-0.3, -0.25) is 9.59 Å². The Kier molecular flexibility index (Phi) is 6.30. The van der Waals surface area contributed by atoms with E-state index in [1.807, 2.05) is 31.4 Å². The van der Waals surface area contributed by atoms with Crippen molar-refractivity contribution in [3.63, 3.8) is 0 Å². The van der Waals surface area contributed by atoms with Gasteiger partial charge in [0.25, 0.3) is 5.91 Å². The molecular weight excluding hydrogens is 340 g/mol. The fraction of sp³-hybridized carbons (Fsp3) is 0.278. The van der Waals surface area contributed by atoms with E-state index in [1.165, 1.54) is 24.3 Å². The van der Waals surface area contributed by atoms with E-state index in [0.717, 1.165) is 4.88 Å². The topological polar surface area (TPSA) is 98.5 Å². The molecule has 0 radical (unpaired) electrons. The van der Waals surface area contributed by atoms with E-state index in [1.54, 1.807) is 11.3 Å². The molecule has 1 aromatic heterocycles. The number of carbonyl (C=O) groups excluding carboxylic acids is 3. The molecule has 0 aliphatic carbocycles. The number of nitrogens with two attached hydrogens (primary N) is 1. The second-order valence-corrected chi connectivity index (χ2v) is 6.80. The van der Waals surface area contributed by atoms with Gasteiger partial charge in [0, 0.05) is 10.4 Å². The molecule has 1 heterocycles. The Morgan fingerprint density at radius 3 is 2.28 bits per heavy atom. The zero-order valence-corrected chi connectivity index (χ0v) is 14.8. The standard InChI is InChI=1S/C18H20N2O4S/c1-11(2)16(14-4-3-9-25-14)20-15(21)10-24-18(23)13-7-5-12(6-8-13)17(19)22/h3-9,11,16H,10H2,1-2H3,(H2,19,22)(H,20,21)/t16-/m1/s1. The molecular formula is C18H20N2O4S. The molecule has 7 heteroatoms. The molecule has 2 amide bonds. The van der Waals surface area contributed by atoms with Gasteiger partial charge < -0.3 is 15.8 Å². The summed E-state index contributed by atoms with van der Waals surface area (Å²) < 4.78 is 5.02. The van der Waals surface area contributed by atoms with Gasteiger partial charge in [-0.2, -0.15) is 0 Å². The van der Waals surface area contributed by atoms with Crippen LogP contribution in [0.25, 0.3) is 0 Å². The molecule has 0 aliphatic heterocycles. The summed E-state index contributed by atoms with van der Waals surface area (Å²) in [6.45, 7) is 3.65. The highest BCUT2D eigenvalue weighted by molar-refractivity contribution is 7.10. The van der Waals surface area contributed by atoms with Crippen LogP contribution in [-0.4, -0.2) is 24.4 Å². The summed E-state index contributed by atoms with van der Waals surface area (Å²) in [5, 5.41) is 4.83. The lowest BCUT2D eigenvalue weighted by Gasteiger charge is -2.21. The van der Waals surface area contributed by atoms with E-state index in [0.29, 0.717) is 5.56 Å². The highest BCUT2D eigenvalue weighted by Gasteiger charge is 2.20. The van der Waals surface area contributed by atoms with Crippen molar-refractivity contribution in [1.82, 2.24) is 5.32 Å². The van der Waals surface area contributed by atoms with E-state index in [4.69, 9.17) is 10.5 Å². The molecule has 2 aromatic rings. The lowest BCUT2D eigenvalue weighted by Crippen LogP contribution is -2.34. The summed E-state index contributed by atoms with van der Waals surface area (Å²) in [7, 11) is 0. The number of hydrogen-bond donors (Lipinski definition) is 2. The number of ether oxygens (including phenoxy) is 1. The number of primary amides is 1. The Labute approximate surface area is 150 Å². The van der Waals surface area contributed by atoms with Gasteiger partial charge >= 0.3 is 5.97 Å². The molecule has 1 atom stereocenters. The largest absolute Gasteiger partial charge is 0.452 e. The molecule has 0 saturated carbocycles. The van der Waals surface area contributed by atoms with Crippen molar-refractivity contribution in [2.45, 2.75) is 19.9 Å². The third-order valence-corrected chi connectivity index (χ3v) is 4.53. The van der Waals surface area contributed by atoms with Gasteiger partial charge in [-0.25, -0.2) is 4.79 Å². The van der Waals surface area contributed by atoms with Gasteiger partial charge in [0.05, 0.1) is 11.6 Å². The molecule has 25 heavy (non-hydrogen) atoms. The van der Waals surface area contributed by atoms with Gasteiger partial charge in [-0.1, -0.05) is 19.9 Å². The van der Waals surface area contributed by atoms with Crippen LogP contribution < -0.4 is 11.1 Å². The maximum Gasteiger partial charge on any atom is 0.338 e. The smallest absolute Gasteiger partial charge is 0.338 e. The second-order valence-electron chi connectivity index (χ2n) is 5.82. The highest BCUT2D eigenvalue weighted by atomic mass is 32.1. The third-order valence-electron chi connectivity index (χ3n) is 3.57. The van der Waals surface area contributed by atoms with Crippen molar-refractivity contribution in [2.75, 3.05) is 6.61 Å². The van der Waals surface area contributed by atoms with Crippen LogP contribution in [0.15, 0.2) is 41.8 Å². The van der Waals surface area contributed by atoms with Crippen LogP contribution >= 0.6 is 11.3 Å². The van der Waals surface area contributed by atoms with Crippen molar-refractivity contribution >= 4 is 29.1 Å². The van der Waals surface area contributed by atoms with E-state index in [2.05, 4.69) is 5.32 Å². The molecule has 0 saturated heterocycles. The summed E-state index contributed by atoms with van der Waals surface area (Å²) in [4.78, 5) is 36.1. The van der Waals surface area contributed by atoms with Gasteiger partial charge in [-0.15, -0.1) is 11.3 Å². The van der Waals surface area contributed by atoms with Gasteiger partial charge in [0.15, 0.2) is 6.61 Å². The molecule has 0 fully saturated rings. The Hall–Kier alpha value is -2.67. The zero-order chi connectivity index (χ0) is 18.4. The predicted molar refractivity (Wildman–Crippen MR) is 95.3 cm³/mol. The number of carbonyl (C=O) groups is 3. The summed E-state index contributed by atoms with van der Waals surface area (Å²) in [5.74, 6) is -1.37. The predicted octanol–water partition coefficient (Wildman–Crippen LogP) is 2.52. The summed E-state index contributed by atoms with van der Waals surface area (Å²) in [6.07, 6.45) is 0. The quantitative estimate of drug-likeness (QED) is 0.741. The summed E-state index contributed by atoms with van der Waals surface area (Å²) in [5.41, 5.74) is 5.69. The fourth-order valence-electron chi connectivity index (χ4n) is 2.23. The molecule has 0 bridgehead atoms. The number of esters is 1. The third kappa shape index (κ3) is 5.15. The normalized spacial score (nSPS) is 11.8. The van der Waals surface area contributed by atoms with E-state index >= 15 is 0 Å². The molecule has 0 unspecified atom stereocenters. The van der Waals surface area contributed by atoms with Gasteiger partial charge in [0.2, 0.25) is 5.91 Å². The first-order chi connectivity index (χ1) is 11.9. The Bertz CT molecular complexity index is 739. The zero-order valence-electron chi connectivity index (χ0n) is 14.0. The first kappa shape index (κ1) is 18.7. The van der Waals surface area contributed by atoms with Crippen molar-refractivity contribution in [1.29, 1.82) is 0 Å². The van der Waals surface area contributed by atoms with E-state index in [-0.39, 0.29) is 30.0 Å². The Balaban J connectivity index is 1.90. The maximum absolute atomic E-state index is 12.1. The molecule has 0 aliphatic rings. The molecule has 1 aromatic carbocycles. The van der Waals surface area contributed by atoms with Crippen LogP contribution in [-0.2, 0) is 9.53 Å². The van der Waals surface area contributed by atoms with Crippen molar-refractivity contribution in [3.05, 3.63) is 57.8 Å². The average molecular weight is 360 g/mol. The van der Waals surface area contributed by atoms with Crippen LogP contribution in [0, 0.1) is 5.92 Å². The number of amides is 2. The van der Waals surface area contributed by atoms with Crippen LogP contribution in [0.2, 0.25) is 0 Å². The van der Waals surface area contributed by atoms with E-state index < -0.39 is 11.9 Å². The number of benzene rings is 1. The fourth-order valence-corrected chi connectivity index (χ4v) is 3.18. The minimum Gasteiger partial charge on any atom is -0.452 e. The lowest BCUT2D eigenvalue weighted by molar-refractivity contribution is -0.125. The number of rotatable bonds is 7. The van der Waals surface area contributed by atoms with Crippen molar-refractivity contribution in [3.8, 4) is 0 Å². The minimum absolute atomic E-state index is 0.124. The highest BCUT2D eigenvalue weighted by Crippen LogP contribution is 2.25. The summed E-state index contributed by atoms with van der Waals surface area (Å²) in [6, 6.07) is 9.50. The summed E-state index contributed by atoms with van der Waals surface area (Å²) >= 11 is 1.57. The Morgan fingerprint density at radius 2 is 1.76 bits per heavy atom. The van der Waals surface area contributed by atoms with Crippen LogP contribution in [0.3, 0.4) is 0 Å². The number of nitrogens with one attached hydrogen (secondary N) is 1. The first-order valence-corrected chi connectivity index (χ1v) is 8.66. The first-order valence-electron chi connectivity index (χ1n) is 7.78. The Morgan fingerprint density at radius 1 is 1.12 bits per heavy atom. The van der Waals surface area contributed by atoms with E-state index in [9.17, 15) is 14.4 Å². The molecule has 132 valence electrons.